The molecule has 3 aromatic heterocycles. The molecule has 0 bridgehead atoms. The second-order valence-electron chi connectivity index (χ2n) is 11.0. The molecule has 1 atom stereocenters. The molecule has 13 heteroatoms. The van der Waals surface area contributed by atoms with E-state index in [1.165, 1.54) is 6.33 Å². The fraction of sp³-hybridized carbons (Fsp3) is 0.393. The highest BCUT2D eigenvalue weighted by Gasteiger charge is 2.29. The first-order valence-electron chi connectivity index (χ1n) is 13.1. The number of hydrogen-bond acceptors (Lipinski definition) is 7. The lowest BCUT2D eigenvalue weighted by Gasteiger charge is -2.34. The van der Waals surface area contributed by atoms with Gasteiger partial charge < -0.3 is 14.4 Å². The van der Waals surface area contributed by atoms with E-state index in [0.717, 1.165) is 27.5 Å². The molecule has 1 fully saturated rings. The maximum Gasteiger partial charge on any atom is 0.410 e. The van der Waals surface area contributed by atoms with Crippen LogP contribution < -0.4 is 11.2 Å². The highest BCUT2D eigenvalue weighted by Crippen LogP contribution is 2.33. The van der Waals surface area contributed by atoms with Gasteiger partial charge in [0.15, 0.2) is 0 Å². The van der Waals surface area contributed by atoms with E-state index in [2.05, 4.69) is 10.1 Å². The van der Waals surface area contributed by atoms with Crippen molar-refractivity contribution >= 4 is 23.2 Å². The topological polar surface area (TPSA) is 124 Å². The normalized spacial score (nSPS) is 15.9. The van der Waals surface area contributed by atoms with Gasteiger partial charge in [0.05, 0.1) is 43.2 Å². The molecule has 0 spiro atoms. The number of hydrogen-bond donors (Lipinski definition) is 1. The highest BCUT2D eigenvalue weighted by molar-refractivity contribution is 6.31. The third-order valence-electron chi connectivity index (χ3n) is 6.70. The Bertz CT molecular complexity index is 1740. The minimum atomic E-state index is -1.07. The van der Waals surface area contributed by atoms with Crippen molar-refractivity contribution in [2.24, 2.45) is 0 Å². The third-order valence-corrected chi connectivity index (χ3v) is 6.92. The van der Waals surface area contributed by atoms with Crippen molar-refractivity contribution in [3.63, 3.8) is 0 Å². The summed E-state index contributed by atoms with van der Waals surface area (Å²) in [4.78, 5) is 44.5. The van der Waals surface area contributed by atoms with Crippen molar-refractivity contribution in [3.8, 4) is 11.3 Å². The monoisotopic (exact) mass is 584 g/mol. The number of nitrogens with zero attached hydrogens (tertiary/aromatic N) is 5. The number of rotatable bonds is 5. The molecule has 0 radical (unpaired) electrons. The Morgan fingerprint density at radius 1 is 1.24 bits per heavy atom. The Kier molecular flexibility index (Phi) is 7.71. The summed E-state index contributed by atoms with van der Waals surface area (Å²) < 4.78 is 28.1. The number of amides is 1. The van der Waals surface area contributed by atoms with Crippen LogP contribution >= 0.6 is 11.6 Å². The number of fused-ring (bicyclic) bond motifs is 1. The maximum absolute atomic E-state index is 13.8. The first-order valence-corrected chi connectivity index (χ1v) is 13.5. The van der Waals surface area contributed by atoms with Crippen LogP contribution in [-0.4, -0.2) is 66.5 Å². The van der Waals surface area contributed by atoms with Crippen LogP contribution in [-0.2, 0) is 22.4 Å². The van der Waals surface area contributed by atoms with E-state index in [-0.39, 0.29) is 18.7 Å². The van der Waals surface area contributed by atoms with Crippen molar-refractivity contribution in [2.45, 2.75) is 52.4 Å². The number of aromatic amines is 1. The van der Waals surface area contributed by atoms with Crippen molar-refractivity contribution in [2.75, 3.05) is 19.7 Å². The molecule has 1 aromatic carbocycles. The van der Waals surface area contributed by atoms with Crippen LogP contribution in [0.25, 0.3) is 16.8 Å². The van der Waals surface area contributed by atoms with Crippen LogP contribution in [0.4, 0.5) is 9.18 Å². The van der Waals surface area contributed by atoms with Gasteiger partial charge in [0.2, 0.25) is 5.82 Å². The van der Waals surface area contributed by atoms with Gasteiger partial charge in [-0.3, -0.25) is 14.3 Å². The molecule has 1 saturated heterocycles. The van der Waals surface area contributed by atoms with E-state index >= 15 is 0 Å². The first-order chi connectivity index (χ1) is 19.4. The minimum Gasteiger partial charge on any atom is -0.444 e. The fourth-order valence-corrected chi connectivity index (χ4v) is 5.17. The number of morpholine rings is 1. The van der Waals surface area contributed by atoms with E-state index in [0.29, 0.717) is 47.9 Å². The molecule has 4 aromatic rings. The molecule has 1 aliphatic heterocycles. The zero-order chi connectivity index (χ0) is 29.5. The van der Waals surface area contributed by atoms with E-state index in [4.69, 9.17) is 21.1 Å². The van der Waals surface area contributed by atoms with Gasteiger partial charge in [0.25, 0.3) is 5.56 Å². The average Bonchev–Trinajstić information content (AvgIpc) is 3.30. The number of H-pyrrole nitrogens is 1. The number of ether oxygens (including phenoxy) is 2. The lowest BCUT2D eigenvalue weighted by atomic mass is 9.93. The van der Waals surface area contributed by atoms with Gasteiger partial charge in [-0.15, -0.1) is 0 Å². The lowest BCUT2D eigenvalue weighted by Crippen LogP contribution is -2.48. The molecule has 1 N–H and O–H groups in total. The summed E-state index contributed by atoms with van der Waals surface area (Å²) in [6.07, 6.45) is 3.83. The minimum absolute atomic E-state index is 0.00712. The first kappa shape index (κ1) is 28.5. The molecule has 0 saturated carbocycles. The number of carbonyl (C=O) groups excluding carboxylic acids is 1. The number of carbonyl (C=O) groups is 1. The molecular formula is C28H30ClFN6O5. The number of aryl methyl sites for hydroxylation is 1. The summed E-state index contributed by atoms with van der Waals surface area (Å²) in [5.41, 5.74) is 2.16. The highest BCUT2D eigenvalue weighted by atomic mass is 35.5. The summed E-state index contributed by atoms with van der Waals surface area (Å²) in [7, 11) is 0. The van der Waals surface area contributed by atoms with E-state index < -0.39 is 22.7 Å². The Morgan fingerprint density at radius 3 is 2.78 bits per heavy atom. The van der Waals surface area contributed by atoms with Gasteiger partial charge >= 0.3 is 11.8 Å². The zero-order valence-electron chi connectivity index (χ0n) is 23.1. The van der Waals surface area contributed by atoms with Crippen LogP contribution in [0, 0.1) is 12.7 Å². The van der Waals surface area contributed by atoms with Crippen LogP contribution in [0.15, 0.2) is 46.5 Å². The molecule has 41 heavy (non-hydrogen) atoms. The Balaban J connectivity index is 1.48. The maximum atomic E-state index is 13.8. The summed E-state index contributed by atoms with van der Waals surface area (Å²) in [6.45, 7) is 8.66. The molecule has 1 aliphatic rings. The largest absolute Gasteiger partial charge is 0.444 e. The predicted molar refractivity (Wildman–Crippen MR) is 150 cm³/mol. The SMILES string of the molecule is Cc1cc(Cl)cc(-c2ncnn3cc(Cn4cc(F)c(=O)[nH]c4=O)cc23)c1C[C@@H]1CN(C(=O)OC(C)(C)C)CCO1. The van der Waals surface area contributed by atoms with Crippen LogP contribution in [0.5, 0.6) is 0 Å². The summed E-state index contributed by atoms with van der Waals surface area (Å²) in [5.74, 6) is -1.05. The molecular weight excluding hydrogens is 555 g/mol. The van der Waals surface area contributed by atoms with Crippen LogP contribution in [0.2, 0.25) is 5.02 Å². The van der Waals surface area contributed by atoms with E-state index in [1.54, 1.807) is 21.7 Å². The number of halogens is 2. The molecule has 11 nitrogen and oxygen atoms in total. The second kappa shape index (κ2) is 11.1. The number of benzene rings is 1. The summed E-state index contributed by atoms with van der Waals surface area (Å²) >= 11 is 6.50. The molecule has 5 rings (SSSR count). The lowest BCUT2D eigenvalue weighted by molar-refractivity contribution is -0.0415. The Hall–Kier alpha value is -4.03. The van der Waals surface area contributed by atoms with Gasteiger partial charge in [-0.1, -0.05) is 11.6 Å². The van der Waals surface area contributed by atoms with Crippen molar-refractivity contribution in [1.82, 2.24) is 29.0 Å². The molecule has 216 valence electrons. The van der Waals surface area contributed by atoms with E-state index in [9.17, 15) is 18.8 Å². The summed E-state index contributed by atoms with van der Waals surface area (Å²) in [5, 5.41) is 4.83. The molecule has 4 heterocycles. The smallest absolute Gasteiger partial charge is 0.410 e. The van der Waals surface area contributed by atoms with E-state index in [1.807, 2.05) is 44.8 Å². The Morgan fingerprint density at radius 2 is 2.02 bits per heavy atom. The predicted octanol–water partition coefficient (Wildman–Crippen LogP) is 3.57. The van der Waals surface area contributed by atoms with Crippen LogP contribution in [0.3, 0.4) is 0 Å². The Labute approximate surface area is 239 Å². The van der Waals surface area contributed by atoms with Gasteiger partial charge in [-0.05, 0) is 62.6 Å². The van der Waals surface area contributed by atoms with Crippen molar-refractivity contribution < 1.29 is 18.7 Å². The molecule has 1 amide bonds. The van der Waals surface area contributed by atoms with Crippen LogP contribution in [0.1, 0.15) is 37.5 Å². The number of nitrogens with one attached hydrogen (secondary N) is 1. The fourth-order valence-electron chi connectivity index (χ4n) is 4.89. The van der Waals surface area contributed by atoms with Gasteiger partial charge in [0.1, 0.15) is 11.9 Å². The molecule has 0 aliphatic carbocycles. The average molecular weight is 585 g/mol. The van der Waals surface area contributed by atoms with Gasteiger partial charge in [-0.2, -0.15) is 9.49 Å². The molecule has 0 unspecified atom stereocenters. The van der Waals surface area contributed by atoms with Crippen molar-refractivity contribution in [3.05, 3.63) is 85.3 Å². The van der Waals surface area contributed by atoms with Gasteiger partial charge in [-0.25, -0.2) is 19.1 Å². The summed E-state index contributed by atoms with van der Waals surface area (Å²) in [6, 6.07) is 5.50. The standard InChI is InChI=1S/C28H30ClFN6O5/c1-16-7-18(29)9-21(20(16)10-19-13-34(5-6-40-19)27(39)41-28(2,3)4)24-23-8-17(12-36(23)32-15-31-24)11-35-14-22(30)25(37)33-26(35)38/h7-9,12,14-15,19H,5-6,10-11,13H2,1-4H3,(H,33,37,38)/t19-/m1/s1. The second-order valence-corrected chi connectivity index (χ2v) is 11.5. The van der Waals surface area contributed by atoms with Crippen molar-refractivity contribution in [1.29, 1.82) is 0 Å². The quantitative estimate of drug-likeness (QED) is 0.380. The zero-order valence-corrected chi connectivity index (χ0v) is 23.9. The third kappa shape index (κ3) is 6.33. The van der Waals surface area contributed by atoms with Gasteiger partial charge in [0, 0.05) is 29.7 Å². The number of aromatic nitrogens is 5.